The van der Waals surface area contributed by atoms with E-state index in [2.05, 4.69) is 11.5 Å². The fraction of sp³-hybridized carbons (Fsp3) is 0.667. The molecule has 70 valence electrons. The number of rotatable bonds is 4. The Morgan fingerprint density at radius 2 is 2.08 bits per heavy atom. The van der Waals surface area contributed by atoms with Gasteiger partial charge in [0.2, 0.25) is 0 Å². The fourth-order valence-corrected chi connectivity index (χ4v) is 0.433. The first-order valence-electron chi connectivity index (χ1n) is 3.95. The molecule has 0 aliphatic heterocycles. The molecule has 0 saturated carbocycles. The van der Waals surface area contributed by atoms with Gasteiger partial charge in [-0.15, -0.1) is 6.58 Å². The highest BCUT2D eigenvalue weighted by Gasteiger charge is 2.14. The van der Waals surface area contributed by atoms with Crippen molar-refractivity contribution in [3.63, 3.8) is 0 Å². The molecule has 0 amide bonds. The molecule has 0 N–H and O–H groups in total. The molecule has 0 fully saturated rings. The first-order valence-corrected chi connectivity index (χ1v) is 3.95. The number of allylic oxidation sites excluding steroid dienone is 1. The molecule has 3 heteroatoms. The lowest BCUT2D eigenvalue weighted by atomic mass is 10.2. The predicted molar refractivity (Wildman–Crippen MR) is 46.4 cm³/mol. The maximum absolute atomic E-state index is 10.9. The monoisotopic (exact) mass is 172 g/mol. The van der Waals surface area contributed by atoms with Crippen molar-refractivity contribution in [2.75, 3.05) is 0 Å². The summed E-state index contributed by atoms with van der Waals surface area (Å²) in [6, 6.07) is 0. The van der Waals surface area contributed by atoms with Crippen LogP contribution < -0.4 is 0 Å². The molecule has 0 aromatic heterocycles. The van der Waals surface area contributed by atoms with Crippen molar-refractivity contribution in [3.8, 4) is 0 Å². The summed E-state index contributed by atoms with van der Waals surface area (Å²) in [5.41, 5.74) is -0.441. The van der Waals surface area contributed by atoms with Crippen LogP contribution in [0.1, 0.15) is 33.6 Å². The van der Waals surface area contributed by atoms with Crippen LogP contribution in [0.5, 0.6) is 0 Å². The van der Waals surface area contributed by atoms with E-state index in [4.69, 9.17) is 4.89 Å². The van der Waals surface area contributed by atoms with Crippen LogP contribution in [0.2, 0.25) is 0 Å². The Labute approximate surface area is 73.3 Å². The molecular formula is C9H16O3. The van der Waals surface area contributed by atoms with Crippen molar-refractivity contribution in [1.82, 2.24) is 0 Å². The van der Waals surface area contributed by atoms with E-state index in [9.17, 15) is 4.79 Å². The van der Waals surface area contributed by atoms with Gasteiger partial charge >= 0.3 is 5.97 Å². The van der Waals surface area contributed by atoms with Crippen LogP contribution in [-0.2, 0) is 14.6 Å². The molecule has 0 aromatic rings. The van der Waals surface area contributed by atoms with Crippen LogP contribution in [-0.4, -0.2) is 11.6 Å². The first kappa shape index (κ1) is 11.2. The van der Waals surface area contributed by atoms with Crippen molar-refractivity contribution < 1.29 is 14.6 Å². The second-order valence-corrected chi connectivity index (χ2v) is 3.48. The van der Waals surface area contributed by atoms with Gasteiger partial charge in [-0.1, -0.05) is 6.08 Å². The molecule has 12 heavy (non-hydrogen) atoms. The van der Waals surface area contributed by atoms with Gasteiger partial charge in [-0.05, 0) is 27.2 Å². The van der Waals surface area contributed by atoms with Gasteiger partial charge in [-0.2, -0.15) is 4.89 Å². The molecule has 0 unspecified atom stereocenters. The average molecular weight is 172 g/mol. The highest BCUT2D eigenvalue weighted by atomic mass is 17.2. The minimum Gasteiger partial charge on any atom is -0.298 e. The van der Waals surface area contributed by atoms with E-state index in [1.807, 2.05) is 20.8 Å². The predicted octanol–water partition coefficient (Wildman–Crippen LogP) is 2.23. The van der Waals surface area contributed by atoms with Gasteiger partial charge in [-0.25, -0.2) is 4.79 Å². The number of carbonyl (C=O) groups excluding carboxylic acids is 1. The molecule has 0 aliphatic carbocycles. The van der Waals surface area contributed by atoms with E-state index in [0.717, 1.165) is 0 Å². The average Bonchev–Trinajstić information content (AvgIpc) is 1.95. The molecule has 0 rings (SSSR count). The standard InChI is InChI=1S/C9H16O3/c1-5-6-7-8(10)11-12-9(2,3)4/h5H,1,6-7H2,2-4H3. The summed E-state index contributed by atoms with van der Waals surface area (Å²) in [4.78, 5) is 20.2. The molecule has 0 atom stereocenters. The number of hydrogen-bond donors (Lipinski definition) is 0. The Morgan fingerprint density at radius 1 is 1.50 bits per heavy atom. The summed E-state index contributed by atoms with van der Waals surface area (Å²) >= 11 is 0. The molecule has 3 nitrogen and oxygen atoms in total. The topological polar surface area (TPSA) is 35.5 Å². The summed E-state index contributed by atoms with van der Waals surface area (Å²) in [5, 5.41) is 0. The second-order valence-electron chi connectivity index (χ2n) is 3.48. The lowest BCUT2D eigenvalue weighted by Crippen LogP contribution is -2.21. The van der Waals surface area contributed by atoms with Crippen LogP contribution in [0.15, 0.2) is 12.7 Å². The van der Waals surface area contributed by atoms with Crippen LogP contribution in [0.25, 0.3) is 0 Å². The van der Waals surface area contributed by atoms with E-state index < -0.39 is 5.60 Å². The van der Waals surface area contributed by atoms with E-state index in [1.165, 1.54) is 0 Å². The van der Waals surface area contributed by atoms with Crippen molar-refractivity contribution >= 4 is 5.97 Å². The molecule has 0 aliphatic rings. The zero-order valence-corrected chi connectivity index (χ0v) is 7.92. The van der Waals surface area contributed by atoms with E-state index in [0.29, 0.717) is 12.8 Å². The minimum atomic E-state index is -0.441. The smallest absolute Gasteiger partial charge is 0.298 e. The lowest BCUT2D eigenvalue weighted by molar-refractivity contribution is -0.320. The number of carbonyl (C=O) groups is 1. The molecule has 0 aromatic carbocycles. The van der Waals surface area contributed by atoms with Crippen molar-refractivity contribution in [2.24, 2.45) is 0 Å². The van der Waals surface area contributed by atoms with Gasteiger partial charge in [0.15, 0.2) is 0 Å². The van der Waals surface area contributed by atoms with Gasteiger partial charge in [0.25, 0.3) is 0 Å². The minimum absolute atomic E-state index is 0.319. The summed E-state index contributed by atoms with van der Waals surface area (Å²) in [5.74, 6) is -0.357. The normalized spacial score (nSPS) is 10.9. The Morgan fingerprint density at radius 3 is 2.50 bits per heavy atom. The number of hydrogen-bond acceptors (Lipinski definition) is 3. The van der Waals surface area contributed by atoms with Crippen LogP contribution in [0.3, 0.4) is 0 Å². The summed E-state index contributed by atoms with van der Waals surface area (Å²) in [7, 11) is 0. The van der Waals surface area contributed by atoms with Crippen molar-refractivity contribution in [3.05, 3.63) is 12.7 Å². The van der Waals surface area contributed by atoms with Gasteiger partial charge in [-0.3, -0.25) is 4.89 Å². The maximum Gasteiger partial charge on any atom is 0.342 e. The van der Waals surface area contributed by atoms with E-state index >= 15 is 0 Å². The lowest BCUT2D eigenvalue weighted by Gasteiger charge is -2.16. The third-order valence-corrected chi connectivity index (χ3v) is 0.937. The third-order valence-electron chi connectivity index (χ3n) is 0.937. The van der Waals surface area contributed by atoms with E-state index in [-0.39, 0.29) is 5.97 Å². The fourth-order valence-electron chi connectivity index (χ4n) is 0.433. The van der Waals surface area contributed by atoms with Gasteiger partial charge in [0.1, 0.15) is 5.60 Å². The zero-order valence-electron chi connectivity index (χ0n) is 7.92. The molecular weight excluding hydrogens is 156 g/mol. The van der Waals surface area contributed by atoms with E-state index in [1.54, 1.807) is 6.08 Å². The van der Waals surface area contributed by atoms with Crippen LogP contribution >= 0.6 is 0 Å². The molecule has 0 heterocycles. The maximum atomic E-state index is 10.9. The summed E-state index contributed by atoms with van der Waals surface area (Å²) in [6.45, 7) is 8.93. The van der Waals surface area contributed by atoms with Crippen LogP contribution in [0, 0.1) is 0 Å². The highest BCUT2D eigenvalue weighted by molar-refractivity contribution is 5.68. The molecule has 0 spiro atoms. The Kier molecular flexibility index (Phi) is 4.59. The van der Waals surface area contributed by atoms with Crippen molar-refractivity contribution in [2.45, 2.75) is 39.2 Å². The summed E-state index contributed by atoms with van der Waals surface area (Å²) in [6.07, 6.45) is 2.60. The SMILES string of the molecule is C=CCCC(=O)OOC(C)(C)C. The van der Waals surface area contributed by atoms with Gasteiger partial charge < -0.3 is 0 Å². The molecule has 0 bridgehead atoms. The Bertz CT molecular complexity index is 156. The quantitative estimate of drug-likeness (QED) is 0.370. The third kappa shape index (κ3) is 7.28. The van der Waals surface area contributed by atoms with Crippen molar-refractivity contribution in [1.29, 1.82) is 0 Å². The van der Waals surface area contributed by atoms with Crippen LogP contribution in [0.4, 0.5) is 0 Å². The van der Waals surface area contributed by atoms with Gasteiger partial charge in [0, 0.05) is 0 Å². The highest BCUT2D eigenvalue weighted by Crippen LogP contribution is 2.08. The summed E-state index contributed by atoms with van der Waals surface area (Å²) < 4.78 is 0. The Hall–Kier alpha value is -0.830. The molecule has 0 saturated heterocycles. The molecule has 0 radical (unpaired) electrons. The zero-order chi connectivity index (χ0) is 9.61. The van der Waals surface area contributed by atoms with Gasteiger partial charge in [0.05, 0.1) is 6.42 Å². The second kappa shape index (κ2) is 4.93. The largest absolute Gasteiger partial charge is 0.342 e. The first-order chi connectivity index (χ1) is 5.45. The Balaban J connectivity index is 3.51.